The molecule has 0 fully saturated rings. The number of aromatic nitrogens is 4. The third kappa shape index (κ3) is 4.51. The molecule has 0 amide bonds. The van der Waals surface area contributed by atoms with Crippen LogP contribution in [0.2, 0.25) is 0 Å². The van der Waals surface area contributed by atoms with E-state index in [2.05, 4.69) is 61.0 Å². The molecule has 7 nitrogen and oxygen atoms in total. The van der Waals surface area contributed by atoms with Crippen LogP contribution < -0.4 is 10.9 Å². The second-order valence-corrected chi connectivity index (χ2v) is 9.89. The van der Waals surface area contributed by atoms with Crippen molar-refractivity contribution in [3.8, 4) is 28.2 Å². The Balaban J connectivity index is 1.70. The lowest BCUT2D eigenvalue weighted by molar-refractivity contribution is 0.293. The molecular weight excluding hydrogens is 436 g/mol. The minimum Gasteiger partial charge on any atom is -0.369 e. The molecule has 0 bridgehead atoms. The largest absolute Gasteiger partial charge is 0.369 e. The van der Waals surface area contributed by atoms with E-state index in [0.29, 0.717) is 5.92 Å². The predicted octanol–water partition coefficient (Wildman–Crippen LogP) is 4.29. The second kappa shape index (κ2) is 9.15. The first-order valence-electron chi connectivity index (χ1n) is 12.0. The van der Waals surface area contributed by atoms with Crippen LogP contribution in [0, 0.1) is 26.7 Å². The molecule has 35 heavy (non-hydrogen) atoms. The molecular formula is C28H32N6O. The molecule has 1 N–H and O–H groups in total. The van der Waals surface area contributed by atoms with Crippen molar-refractivity contribution in [1.82, 2.24) is 24.5 Å². The highest BCUT2D eigenvalue weighted by molar-refractivity contribution is 5.88. The highest BCUT2D eigenvalue weighted by atomic mass is 16.1. The zero-order valence-electron chi connectivity index (χ0n) is 21.0. The van der Waals surface area contributed by atoms with Gasteiger partial charge < -0.3 is 10.2 Å². The maximum Gasteiger partial charge on any atom is 0.271 e. The number of hydrogen-bond acceptors (Lipinski definition) is 5. The Bertz CT molecular complexity index is 1430. The first kappa shape index (κ1) is 23.1. The van der Waals surface area contributed by atoms with Crippen LogP contribution in [0.25, 0.3) is 28.2 Å². The summed E-state index contributed by atoms with van der Waals surface area (Å²) in [6.45, 7) is 8.88. The van der Waals surface area contributed by atoms with Crippen LogP contribution >= 0.6 is 0 Å². The Morgan fingerprint density at radius 3 is 2.46 bits per heavy atom. The maximum absolute atomic E-state index is 12.8. The fraction of sp³-hybridized carbons (Fsp3) is 0.321. The molecule has 1 aliphatic rings. The van der Waals surface area contributed by atoms with E-state index in [4.69, 9.17) is 10.2 Å². The molecule has 5 rings (SSSR count). The minimum atomic E-state index is -0.156. The number of nitrogens with one attached hydrogen (secondary N) is 1. The third-order valence-electron chi connectivity index (χ3n) is 6.46. The van der Waals surface area contributed by atoms with Crippen molar-refractivity contribution in [2.45, 2.75) is 27.3 Å². The summed E-state index contributed by atoms with van der Waals surface area (Å²) in [6.07, 6.45) is 0. The van der Waals surface area contributed by atoms with Crippen LogP contribution in [0.1, 0.15) is 16.7 Å². The molecule has 0 aliphatic carbocycles. The molecule has 1 unspecified atom stereocenters. The number of para-hydroxylation sites is 1. The average Bonchev–Trinajstić information content (AvgIpc) is 3.18. The van der Waals surface area contributed by atoms with Crippen LogP contribution in [0.5, 0.6) is 0 Å². The second-order valence-electron chi connectivity index (χ2n) is 9.89. The van der Waals surface area contributed by atoms with Gasteiger partial charge in [-0.15, -0.1) is 0 Å². The van der Waals surface area contributed by atoms with Crippen LogP contribution in [0.15, 0.2) is 59.4 Å². The number of anilines is 1. The van der Waals surface area contributed by atoms with Gasteiger partial charge in [-0.25, -0.2) is 4.68 Å². The van der Waals surface area contributed by atoms with Gasteiger partial charge in [0.25, 0.3) is 5.56 Å². The lowest BCUT2D eigenvalue weighted by Crippen LogP contribution is -2.35. The first-order chi connectivity index (χ1) is 16.8. The van der Waals surface area contributed by atoms with Crippen molar-refractivity contribution in [2.24, 2.45) is 5.92 Å². The lowest BCUT2D eigenvalue weighted by Gasteiger charge is -2.27. The van der Waals surface area contributed by atoms with Gasteiger partial charge in [-0.2, -0.15) is 14.9 Å². The molecule has 1 atom stereocenters. The average molecular weight is 469 g/mol. The highest BCUT2D eigenvalue weighted by Crippen LogP contribution is 2.39. The Morgan fingerprint density at radius 1 is 1.00 bits per heavy atom. The summed E-state index contributed by atoms with van der Waals surface area (Å²) in [5.74, 6) is 1.41. The zero-order valence-corrected chi connectivity index (χ0v) is 21.0. The molecule has 7 heteroatoms. The summed E-state index contributed by atoms with van der Waals surface area (Å²) >= 11 is 0. The van der Waals surface area contributed by atoms with E-state index < -0.39 is 0 Å². The topological polar surface area (TPSA) is 68.0 Å². The van der Waals surface area contributed by atoms with Crippen molar-refractivity contribution in [3.05, 3.63) is 81.6 Å². The maximum atomic E-state index is 12.8. The van der Waals surface area contributed by atoms with Crippen molar-refractivity contribution < 1.29 is 0 Å². The standard InChI is InChI=1S/C28H32N6O/c1-18-12-19(2)14-22(13-18)27-26(28-29-15-21(16-32(4)5)17-33(28)31-27)23-10-11-25(35)34(30-23)24-9-7-6-8-20(24)3/h6-14,21,29H,15-17H2,1-5H3. The van der Waals surface area contributed by atoms with E-state index in [1.807, 2.05) is 37.3 Å². The van der Waals surface area contributed by atoms with Gasteiger partial charge in [0, 0.05) is 37.2 Å². The molecule has 0 spiro atoms. The summed E-state index contributed by atoms with van der Waals surface area (Å²) in [5, 5.41) is 13.6. The molecule has 0 radical (unpaired) electrons. The summed E-state index contributed by atoms with van der Waals surface area (Å²) in [7, 11) is 4.20. The number of benzene rings is 2. The molecule has 0 saturated carbocycles. The number of fused-ring (bicyclic) bond motifs is 1. The SMILES string of the molecule is Cc1cc(C)cc(-c2nn3c(c2-c2ccc(=O)n(-c4ccccc4C)n2)NCC(CN(C)C)C3)c1. The van der Waals surface area contributed by atoms with E-state index in [1.165, 1.54) is 15.8 Å². The summed E-state index contributed by atoms with van der Waals surface area (Å²) in [5.41, 5.74) is 7.59. The Labute approximate surface area is 206 Å². The van der Waals surface area contributed by atoms with E-state index in [1.54, 1.807) is 6.07 Å². The van der Waals surface area contributed by atoms with Gasteiger partial charge >= 0.3 is 0 Å². The van der Waals surface area contributed by atoms with E-state index >= 15 is 0 Å². The number of nitrogens with zero attached hydrogens (tertiary/aromatic N) is 5. The first-order valence-corrected chi connectivity index (χ1v) is 12.0. The third-order valence-corrected chi connectivity index (χ3v) is 6.46. The van der Waals surface area contributed by atoms with Gasteiger partial charge in [0.05, 0.1) is 16.9 Å². The summed E-state index contributed by atoms with van der Waals surface area (Å²) in [6, 6.07) is 17.7. The lowest BCUT2D eigenvalue weighted by atomic mass is 10.00. The molecule has 0 saturated heterocycles. The molecule has 2 aromatic heterocycles. The Morgan fingerprint density at radius 2 is 1.74 bits per heavy atom. The van der Waals surface area contributed by atoms with Gasteiger partial charge in [-0.3, -0.25) is 4.79 Å². The van der Waals surface area contributed by atoms with Crippen molar-refractivity contribution in [1.29, 1.82) is 0 Å². The molecule has 4 aromatic rings. The van der Waals surface area contributed by atoms with Gasteiger partial charge in [-0.1, -0.05) is 35.4 Å². The van der Waals surface area contributed by atoms with Gasteiger partial charge in [-0.05, 0) is 64.7 Å². The van der Waals surface area contributed by atoms with Gasteiger partial charge in [0.15, 0.2) is 0 Å². The molecule has 180 valence electrons. The summed E-state index contributed by atoms with van der Waals surface area (Å²) in [4.78, 5) is 15.0. The van der Waals surface area contributed by atoms with E-state index in [0.717, 1.165) is 59.2 Å². The van der Waals surface area contributed by atoms with Crippen LogP contribution in [0.3, 0.4) is 0 Å². The fourth-order valence-electron chi connectivity index (χ4n) is 5.04. The van der Waals surface area contributed by atoms with Crippen LogP contribution in [-0.2, 0) is 6.54 Å². The van der Waals surface area contributed by atoms with E-state index in [-0.39, 0.29) is 5.56 Å². The van der Waals surface area contributed by atoms with Crippen molar-refractivity contribution >= 4 is 5.82 Å². The minimum absolute atomic E-state index is 0.156. The normalized spacial score (nSPS) is 15.2. The quantitative estimate of drug-likeness (QED) is 0.473. The van der Waals surface area contributed by atoms with Crippen molar-refractivity contribution in [2.75, 3.05) is 32.5 Å². The zero-order chi connectivity index (χ0) is 24.7. The highest BCUT2D eigenvalue weighted by Gasteiger charge is 2.28. The molecule has 2 aromatic carbocycles. The summed E-state index contributed by atoms with van der Waals surface area (Å²) < 4.78 is 3.57. The fourth-order valence-corrected chi connectivity index (χ4v) is 5.04. The smallest absolute Gasteiger partial charge is 0.271 e. The van der Waals surface area contributed by atoms with Crippen LogP contribution in [-0.4, -0.2) is 51.6 Å². The van der Waals surface area contributed by atoms with Crippen molar-refractivity contribution in [3.63, 3.8) is 0 Å². The van der Waals surface area contributed by atoms with Gasteiger partial charge in [0.2, 0.25) is 0 Å². The number of rotatable bonds is 5. The molecule has 3 heterocycles. The van der Waals surface area contributed by atoms with Gasteiger partial charge in [0.1, 0.15) is 11.5 Å². The van der Waals surface area contributed by atoms with E-state index in [9.17, 15) is 4.79 Å². The Hall–Kier alpha value is -3.71. The predicted molar refractivity (Wildman–Crippen MR) is 141 cm³/mol. The Kier molecular flexibility index (Phi) is 6.03. The monoisotopic (exact) mass is 468 g/mol. The number of aryl methyl sites for hydroxylation is 3. The van der Waals surface area contributed by atoms with Crippen LogP contribution in [0.4, 0.5) is 5.82 Å². The molecule has 1 aliphatic heterocycles. The number of hydrogen-bond donors (Lipinski definition) is 1.